The summed E-state index contributed by atoms with van der Waals surface area (Å²) in [5.41, 5.74) is 2.68. The Hall–Kier alpha value is -1.98. The maximum Gasteiger partial charge on any atom is 0.251 e. The van der Waals surface area contributed by atoms with Crippen LogP contribution in [0.5, 0.6) is 0 Å². The standard InChI is InChI=1S/C20H23ClN2O2S/c1-14-3-5-15(6-4-14)13-22-20(25)18(11-12-26-2)23-19(24)16-7-9-17(21)10-8-16/h3-10,18H,11-13H2,1-2H3,(H,22,25)(H,23,24). The molecule has 1 unspecified atom stereocenters. The van der Waals surface area contributed by atoms with E-state index in [1.54, 1.807) is 36.0 Å². The summed E-state index contributed by atoms with van der Waals surface area (Å²) >= 11 is 7.49. The molecule has 2 aromatic rings. The summed E-state index contributed by atoms with van der Waals surface area (Å²) < 4.78 is 0. The maximum atomic E-state index is 12.6. The molecule has 0 heterocycles. The third-order valence-electron chi connectivity index (χ3n) is 3.93. The van der Waals surface area contributed by atoms with Crippen molar-refractivity contribution in [3.63, 3.8) is 0 Å². The molecule has 2 aromatic carbocycles. The van der Waals surface area contributed by atoms with Gasteiger partial charge in [-0.2, -0.15) is 11.8 Å². The SMILES string of the molecule is CSCCC(NC(=O)c1ccc(Cl)cc1)C(=O)NCc1ccc(C)cc1. The molecule has 0 aliphatic rings. The Morgan fingerprint density at radius 1 is 1.08 bits per heavy atom. The van der Waals surface area contributed by atoms with Crippen LogP contribution in [0.4, 0.5) is 0 Å². The summed E-state index contributed by atoms with van der Waals surface area (Å²) in [5.74, 6) is 0.323. The average Bonchev–Trinajstić information content (AvgIpc) is 2.64. The highest BCUT2D eigenvalue weighted by molar-refractivity contribution is 7.98. The number of benzene rings is 2. The minimum atomic E-state index is -0.573. The molecule has 0 aromatic heterocycles. The Morgan fingerprint density at radius 2 is 1.73 bits per heavy atom. The van der Waals surface area contributed by atoms with Crippen LogP contribution in [0.3, 0.4) is 0 Å². The molecular weight excluding hydrogens is 368 g/mol. The largest absolute Gasteiger partial charge is 0.350 e. The number of nitrogens with one attached hydrogen (secondary N) is 2. The number of rotatable bonds is 8. The van der Waals surface area contributed by atoms with Gasteiger partial charge in [0, 0.05) is 17.1 Å². The Bertz CT molecular complexity index is 732. The smallest absolute Gasteiger partial charge is 0.251 e. The molecule has 2 amide bonds. The first-order valence-corrected chi connectivity index (χ1v) is 10.2. The molecule has 0 fully saturated rings. The topological polar surface area (TPSA) is 58.2 Å². The van der Waals surface area contributed by atoms with Crippen molar-refractivity contribution in [2.24, 2.45) is 0 Å². The molecule has 26 heavy (non-hydrogen) atoms. The Balaban J connectivity index is 1.98. The van der Waals surface area contributed by atoms with Crippen molar-refractivity contribution in [3.05, 3.63) is 70.2 Å². The fourth-order valence-electron chi connectivity index (χ4n) is 2.37. The lowest BCUT2D eigenvalue weighted by Gasteiger charge is -2.18. The minimum absolute atomic E-state index is 0.179. The van der Waals surface area contributed by atoms with Crippen molar-refractivity contribution in [1.29, 1.82) is 0 Å². The molecule has 0 saturated carbocycles. The third kappa shape index (κ3) is 6.39. The highest BCUT2D eigenvalue weighted by atomic mass is 35.5. The first kappa shape index (κ1) is 20.3. The Morgan fingerprint density at radius 3 is 2.35 bits per heavy atom. The van der Waals surface area contributed by atoms with Gasteiger partial charge in [0.25, 0.3) is 5.91 Å². The normalized spacial score (nSPS) is 11.7. The zero-order valence-electron chi connectivity index (χ0n) is 14.9. The monoisotopic (exact) mass is 390 g/mol. The van der Waals surface area contributed by atoms with E-state index in [4.69, 9.17) is 11.6 Å². The zero-order chi connectivity index (χ0) is 18.9. The fraction of sp³-hybridized carbons (Fsp3) is 0.300. The first-order valence-electron chi connectivity index (χ1n) is 8.38. The van der Waals surface area contributed by atoms with Crippen molar-refractivity contribution in [2.75, 3.05) is 12.0 Å². The van der Waals surface area contributed by atoms with Gasteiger partial charge in [-0.15, -0.1) is 0 Å². The van der Waals surface area contributed by atoms with E-state index in [2.05, 4.69) is 10.6 Å². The van der Waals surface area contributed by atoms with E-state index in [1.165, 1.54) is 5.56 Å². The van der Waals surface area contributed by atoms with Crippen LogP contribution in [-0.2, 0) is 11.3 Å². The van der Waals surface area contributed by atoms with Gasteiger partial charge in [0.15, 0.2) is 0 Å². The highest BCUT2D eigenvalue weighted by Crippen LogP contribution is 2.10. The van der Waals surface area contributed by atoms with Gasteiger partial charge < -0.3 is 10.6 Å². The summed E-state index contributed by atoms with van der Waals surface area (Å²) in [6.07, 6.45) is 2.54. The van der Waals surface area contributed by atoms with Crippen molar-refractivity contribution < 1.29 is 9.59 Å². The number of aryl methyl sites for hydroxylation is 1. The fourth-order valence-corrected chi connectivity index (χ4v) is 2.96. The van der Waals surface area contributed by atoms with Crippen LogP contribution in [0.2, 0.25) is 5.02 Å². The lowest BCUT2D eigenvalue weighted by atomic mass is 10.1. The van der Waals surface area contributed by atoms with Gasteiger partial charge in [-0.1, -0.05) is 41.4 Å². The number of halogens is 1. The summed E-state index contributed by atoms with van der Waals surface area (Å²) in [4.78, 5) is 25.0. The van der Waals surface area contributed by atoms with E-state index in [-0.39, 0.29) is 11.8 Å². The molecule has 1 atom stereocenters. The van der Waals surface area contributed by atoms with Crippen molar-refractivity contribution in [1.82, 2.24) is 10.6 Å². The molecule has 2 N–H and O–H groups in total. The van der Waals surface area contributed by atoms with Gasteiger partial charge in [0.05, 0.1) is 0 Å². The van der Waals surface area contributed by atoms with Gasteiger partial charge in [-0.05, 0) is 55.2 Å². The van der Waals surface area contributed by atoms with Gasteiger partial charge in [0.1, 0.15) is 6.04 Å². The van der Waals surface area contributed by atoms with Gasteiger partial charge in [-0.25, -0.2) is 0 Å². The second-order valence-electron chi connectivity index (χ2n) is 6.02. The average molecular weight is 391 g/mol. The van der Waals surface area contributed by atoms with E-state index < -0.39 is 6.04 Å². The Labute approximate surface area is 163 Å². The van der Waals surface area contributed by atoms with Crippen LogP contribution in [0, 0.1) is 6.92 Å². The van der Waals surface area contributed by atoms with E-state index >= 15 is 0 Å². The maximum absolute atomic E-state index is 12.6. The second kappa shape index (κ2) is 10.2. The van der Waals surface area contributed by atoms with E-state index in [0.29, 0.717) is 23.6 Å². The summed E-state index contributed by atoms with van der Waals surface area (Å²) in [5, 5.41) is 6.30. The van der Waals surface area contributed by atoms with Crippen LogP contribution >= 0.6 is 23.4 Å². The molecule has 4 nitrogen and oxygen atoms in total. The molecule has 0 aliphatic heterocycles. The van der Waals surface area contributed by atoms with Gasteiger partial charge >= 0.3 is 0 Å². The summed E-state index contributed by atoms with van der Waals surface area (Å²) in [7, 11) is 0. The summed E-state index contributed by atoms with van der Waals surface area (Å²) in [6, 6.07) is 14.0. The number of thioether (sulfide) groups is 1. The molecule has 0 radical (unpaired) electrons. The van der Waals surface area contributed by atoms with Crippen molar-refractivity contribution in [2.45, 2.75) is 25.9 Å². The van der Waals surface area contributed by atoms with E-state index in [1.807, 2.05) is 37.4 Å². The van der Waals surface area contributed by atoms with Crippen molar-refractivity contribution in [3.8, 4) is 0 Å². The molecule has 2 rings (SSSR count). The van der Waals surface area contributed by atoms with E-state index in [0.717, 1.165) is 11.3 Å². The molecular formula is C20H23ClN2O2S. The predicted octanol–water partition coefficient (Wildman–Crippen LogP) is 3.82. The number of carbonyl (C=O) groups excluding carboxylic acids is 2. The lowest BCUT2D eigenvalue weighted by molar-refractivity contribution is -0.123. The van der Waals surface area contributed by atoms with Crippen LogP contribution < -0.4 is 10.6 Å². The third-order valence-corrected chi connectivity index (χ3v) is 4.82. The lowest BCUT2D eigenvalue weighted by Crippen LogP contribution is -2.46. The second-order valence-corrected chi connectivity index (χ2v) is 7.44. The predicted molar refractivity (Wildman–Crippen MR) is 109 cm³/mol. The minimum Gasteiger partial charge on any atom is -0.350 e. The van der Waals surface area contributed by atoms with Crippen LogP contribution in [-0.4, -0.2) is 29.9 Å². The number of carbonyl (C=O) groups is 2. The van der Waals surface area contributed by atoms with Crippen LogP contribution in [0.1, 0.15) is 27.9 Å². The molecule has 6 heteroatoms. The number of amides is 2. The van der Waals surface area contributed by atoms with Gasteiger partial charge in [-0.3, -0.25) is 9.59 Å². The van der Waals surface area contributed by atoms with Gasteiger partial charge in [0.2, 0.25) is 5.91 Å². The highest BCUT2D eigenvalue weighted by Gasteiger charge is 2.20. The molecule has 0 bridgehead atoms. The number of hydrogen-bond donors (Lipinski definition) is 2. The summed E-state index contributed by atoms with van der Waals surface area (Å²) in [6.45, 7) is 2.46. The van der Waals surface area contributed by atoms with Crippen molar-refractivity contribution >= 4 is 35.2 Å². The molecule has 138 valence electrons. The van der Waals surface area contributed by atoms with E-state index in [9.17, 15) is 9.59 Å². The Kier molecular flexibility index (Phi) is 8.01. The zero-order valence-corrected chi connectivity index (χ0v) is 16.5. The van der Waals surface area contributed by atoms with Crippen LogP contribution in [0.25, 0.3) is 0 Å². The first-order chi connectivity index (χ1) is 12.5. The number of hydrogen-bond acceptors (Lipinski definition) is 3. The quantitative estimate of drug-likeness (QED) is 0.720. The molecule has 0 spiro atoms. The molecule has 0 aliphatic carbocycles. The molecule has 0 saturated heterocycles. The van der Waals surface area contributed by atoms with Crippen LogP contribution in [0.15, 0.2) is 48.5 Å².